The highest BCUT2D eigenvalue weighted by atomic mass is 16.2. The Bertz CT molecular complexity index is 1270. The van der Waals surface area contributed by atoms with E-state index in [1.807, 2.05) is 12.1 Å². The van der Waals surface area contributed by atoms with E-state index in [2.05, 4.69) is 39.6 Å². The van der Waals surface area contributed by atoms with Crippen molar-refractivity contribution in [1.82, 2.24) is 29.6 Å². The monoisotopic (exact) mass is 564 g/mol. The molecule has 0 spiro atoms. The van der Waals surface area contributed by atoms with E-state index in [1.165, 1.54) is 49.2 Å². The number of hydrogen-bond acceptors (Lipinski definition) is 7. The van der Waals surface area contributed by atoms with Crippen molar-refractivity contribution in [2.45, 2.75) is 51.6 Å². The smallest absolute Gasteiger partial charge is 0.338 e. The normalized spacial score (nSPS) is 20.0. The number of piperazine rings is 1. The van der Waals surface area contributed by atoms with Crippen LogP contribution in [0.2, 0.25) is 0 Å². The lowest BCUT2D eigenvalue weighted by atomic mass is 9.80. The maximum absolute atomic E-state index is 12.8. The zero-order valence-electron chi connectivity index (χ0n) is 24.5. The number of rotatable bonds is 7. The first kappa shape index (κ1) is 29.2. The summed E-state index contributed by atoms with van der Waals surface area (Å²) >= 11 is 0. The third-order valence-corrected chi connectivity index (χ3v) is 8.87. The zero-order chi connectivity index (χ0) is 29.1. The van der Waals surface area contributed by atoms with Gasteiger partial charge >= 0.3 is 11.7 Å². The molecule has 3 aliphatic rings. The fourth-order valence-electron chi connectivity index (χ4n) is 6.12. The van der Waals surface area contributed by atoms with Crippen LogP contribution in [0, 0.1) is 11.8 Å². The lowest BCUT2D eigenvalue weighted by Crippen LogP contribution is -2.58. The molecule has 41 heavy (non-hydrogen) atoms. The summed E-state index contributed by atoms with van der Waals surface area (Å²) < 4.78 is 1.47. The zero-order valence-corrected chi connectivity index (χ0v) is 24.5. The first-order chi connectivity index (χ1) is 19.6. The quantitative estimate of drug-likeness (QED) is 0.465. The average molecular weight is 565 g/mol. The summed E-state index contributed by atoms with van der Waals surface area (Å²) in [5.74, 6) is 1.82. The van der Waals surface area contributed by atoms with Crippen molar-refractivity contribution in [3.8, 4) is 5.69 Å². The topological polar surface area (TPSA) is 129 Å². The van der Waals surface area contributed by atoms with Crippen LogP contribution in [0.15, 0.2) is 41.3 Å². The summed E-state index contributed by atoms with van der Waals surface area (Å²) in [5.41, 5.74) is 6.49. The Labute approximate surface area is 242 Å². The van der Waals surface area contributed by atoms with Crippen LogP contribution in [0.4, 0.5) is 10.6 Å². The second kappa shape index (κ2) is 12.3. The molecule has 1 aromatic heterocycles. The molecule has 4 heterocycles. The van der Waals surface area contributed by atoms with Crippen molar-refractivity contribution in [2.75, 3.05) is 57.7 Å². The molecule has 1 aromatic carbocycles. The minimum atomic E-state index is -0.943. The Morgan fingerprint density at radius 1 is 1.00 bits per heavy atom. The second-order valence-electron chi connectivity index (χ2n) is 12.4. The number of anilines is 1. The minimum absolute atomic E-state index is 0.136. The predicted molar refractivity (Wildman–Crippen MR) is 159 cm³/mol. The standard InChI is InChI=1S/C30H44N8O3/c1-21(35-11-8-23(9-12-35)24-19-32-20-24)18-22-4-6-25(7-5-22)38-13-10-26(34-29(38)41)33-28(40)37-16-14-36(15-17-37)27(39)30(2,3)31/h4-7,10,13,21,23-24,32H,8-9,11-12,14-20,31H2,1-3H3,(H,33,34,40,41). The van der Waals surface area contributed by atoms with E-state index in [9.17, 15) is 14.4 Å². The van der Waals surface area contributed by atoms with Gasteiger partial charge in [-0.05, 0) is 102 Å². The molecule has 1 atom stereocenters. The highest BCUT2D eigenvalue weighted by Gasteiger charge is 2.32. The van der Waals surface area contributed by atoms with Crippen LogP contribution < -0.4 is 22.1 Å². The van der Waals surface area contributed by atoms with Gasteiger partial charge in [0, 0.05) is 38.4 Å². The van der Waals surface area contributed by atoms with Gasteiger partial charge in [0.1, 0.15) is 5.82 Å². The second-order valence-corrected chi connectivity index (χ2v) is 12.4. The Balaban J connectivity index is 1.11. The summed E-state index contributed by atoms with van der Waals surface area (Å²) in [5, 5.41) is 6.11. The highest BCUT2D eigenvalue weighted by Crippen LogP contribution is 2.28. The van der Waals surface area contributed by atoms with E-state index < -0.39 is 11.2 Å². The molecule has 222 valence electrons. The van der Waals surface area contributed by atoms with Gasteiger partial charge in [-0.1, -0.05) is 12.1 Å². The first-order valence-electron chi connectivity index (χ1n) is 14.9. The van der Waals surface area contributed by atoms with Gasteiger partial charge in [-0.25, -0.2) is 9.59 Å². The maximum Gasteiger partial charge on any atom is 0.354 e. The number of nitrogens with one attached hydrogen (secondary N) is 2. The van der Waals surface area contributed by atoms with Crippen molar-refractivity contribution in [2.24, 2.45) is 17.6 Å². The number of piperidine rings is 1. The summed E-state index contributed by atoms with van der Waals surface area (Å²) in [6, 6.07) is 9.80. The summed E-state index contributed by atoms with van der Waals surface area (Å²) in [7, 11) is 0. The minimum Gasteiger partial charge on any atom is -0.338 e. The molecule has 1 unspecified atom stereocenters. The van der Waals surface area contributed by atoms with Crippen LogP contribution in [0.5, 0.6) is 0 Å². The third kappa shape index (κ3) is 6.97. The van der Waals surface area contributed by atoms with E-state index in [-0.39, 0.29) is 17.8 Å². The van der Waals surface area contributed by atoms with Gasteiger partial charge in [0.2, 0.25) is 5.91 Å². The molecule has 2 aromatic rings. The number of likely N-dealkylation sites (tertiary alicyclic amines) is 1. The highest BCUT2D eigenvalue weighted by molar-refractivity contribution is 5.89. The van der Waals surface area contributed by atoms with E-state index in [0.29, 0.717) is 32.2 Å². The number of carbonyl (C=O) groups is 2. The molecule has 3 amide bonds. The van der Waals surface area contributed by atoms with Gasteiger partial charge in [0.15, 0.2) is 0 Å². The molecule has 11 heteroatoms. The Morgan fingerprint density at radius 2 is 1.63 bits per heavy atom. The molecule has 11 nitrogen and oxygen atoms in total. The van der Waals surface area contributed by atoms with Crippen LogP contribution in [0.1, 0.15) is 39.2 Å². The number of aromatic nitrogens is 2. The van der Waals surface area contributed by atoms with Crippen molar-refractivity contribution in [3.63, 3.8) is 0 Å². The number of nitrogens with zero attached hydrogens (tertiary/aromatic N) is 5. The number of amides is 3. The van der Waals surface area contributed by atoms with Gasteiger partial charge in [0.25, 0.3) is 0 Å². The Hall–Kier alpha value is -3.28. The average Bonchev–Trinajstić information content (AvgIpc) is 2.92. The molecule has 5 rings (SSSR count). The van der Waals surface area contributed by atoms with Crippen LogP contribution in [0.25, 0.3) is 5.69 Å². The Morgan fingerprint density at radius 3 is 2.20 bits per heavy atom. The molecular weight excluding hydrogens is 520 g/mol. The summed E-state index contributed by atoms with van der Waals surface area (Å²) in [4.78, 5) is 47.9. The Kier molecular flexibility index (Phi) is 8.77. The maximum atomic E-state index is 12.8. The number of hydrogen-bond donors (Lipinski definition) is 3. The van der Waals surface area contributed by atoms with Gasteiger partial charge in [-0.2, -0.15) is 4.98 Å². The van der Waals surface area contributed by atoms with Gasteiger partial charge in [-0.3, -0.25) is 14.7 Å². The third-order valence-electron chi connectivity index (χ3n) is 8.87. The molecule has 4 N–H and O–H groups in total. The molecule has 3 saturated heterocycles. The largest absolute Gasteiger partial charge is 0.354 e. The predicted octanol–water partition coefficient (Wildman–Crippen LogP) is 1.51. The number of benzene rings is 1. The van der Waals surface area contributed by atoms with Gasteiger partial charge in [-0.15, -0.1) is 0 Å². The fourth-order valence-corrected chi connectivity index (χ4v) is 6.12. The van der Waals surface area contributed by atoms with E-state index in [1.54, 1.807) is 35.9 Å². The number of carbonyl (C=O) groups excluding carboxylic acids is 2. The summed E-state index contributed by atoms with van der Waals surface area (Å²) in [6.45, 7) is 12.0. The van der Waals surface area contributed by atoms with E-state index >= 15 is 0 Å². The van der Waals surface area contributed by atoms with Crippen LogP contribution in [0.3, 0.4) is 0 Å². The van der Waals surface area contributed by atoms with Crippen molar-refractivity contribution in [1.29, 1.82) is 0 Å². The number of urea groups is 1. The molecule has 3 aliphatic heterocycles. The summed E-state index contributed by atoms with van der Waals surface area (Å²) in [6.07, 6.45) is 5.20. The van der Waals surface area contributed by atoms with Crippen molar-refractivity contribution >= 4 is 17.8 Å². The van der Waals surface area contributed by atoms with E-state index in [4.69, 9.17) is 5.73 Å². The van der Waals surface area contributed by atoms with E-state index in [0.717, 1.165) is 23.9 Å². The molecule has 0 bridgehead atoms. The van der Waals surface area contributed by atoms with Gasteiger partial charge in [0.05, 0.1) is 11.2 Å². The number of nitrogens with two attached hydrogens (primary N) is 1. The molecule has 0 radical (unpaired) electrons. The SMILES string of the molecule is CC(Cc1ccc(-n2ccc(NC(=O)N3CCN(C(=O)C(C)(C)N)CC3)nc2=O)cc1)N1CCC(C2CNC2)CC1. The van der Waals surface area contributed by atoms with Crippen molar-refractivity contribution in [3.05, 3.63) is 52.6 Å². The van der Waals surface area contributed by atoms with Gasteiger partial charge < -0.3 is 25.8 Å². The van der Waals surface area contributed by atoms with Crippen LogP contribution in [-0.4, -0.2) is 100 Å². The van der Waals surface area contributed by atoms with Crippen molar-refractivity contribution < 1.29 is 9.59 Å². The molecular formula is C30H44N8O3. The molecule has 3 fully saturated rings. The lowest BCUT2D eigenvalue weighted by molar-refractivity contribution is -0.137. The van der Waals surface area contributed by atoms with Crippen LogP contribution in [-0.2, 0) is 11.2 Å². The van der Waals surface area contributed by atoms with Crippen LogP contribution >= 0.6 is 0 Å². The first-order valence-corrected chi connectivity index (χ1v) is 14.9. The lowest BCUT2D eigenvalue weighted by Gasteiger charge is -2.42. The fraction of sp³-hybridized carbons (Fsp3) is 0.600. The molecule has 0 saturated carbocycles. The molecule has 0 aliphatic carbocycles.